The second-order valence-corrected chi connectivity index (χ2v) is 7.08. The molecule has 0 spiro atoms. The van der Waals surface area contributed by atoms with Gasteiger partial charge in [0.1, 0.15) is 12.4 Å². The van der Waals surface area contributed by atoms with Crippen LogP contribution in [-0.2, 0) is 0 Å². The monoisotopic (exact) mass is 403 g/mol. The number of piperazine rings is 1. The average molecular weight is 404 g/mol. The van der Waals surface area contributed by atoms with Gasteiger partial charge < -0.3 is 9.64 Å². The Labute approximate surface area is 168 Å². The molecule has 1 aliphatic rings. The molecule has 148 valence electrons. The third-order valence-corrected chi connectivity index (χ3v) is 5.13. The van der Waals surface area contributed by atoms with Crippen molar-refractivity contribution in [1.29, 1.82) is 0 Å². The van der Waals surface area contributed by atoms with Gasteiger partial charge in [-0.05, 0) is 25.1 Å². The summed E-state index contributed by atoms with van der Waals surface area (Å²) in [5.74, 6) is 0.494. The van der Waals surface area contributed by atoms with Gasteiger partial charge in [0.25, 0.3) is 11.6 Å². The number of halogens is 1. The van der Waals surface area contributed by atoms with Gasteiger partial charge in [-0.15, -0.1) is 0 Å². The number of ether oxygens (including phenoxy) is 1. The summed E-state index contributed by atoms with van der Waals surface area (Å²) in [5.41, 5.74) is 0.874. The van der Waals surface area contributed by atoms with Crippen LogP contribution in [0.1, 0.15) is 15.9 Å². The molecule has 1 heterocycles. The standard InChI is InChI=1S/C20H22ClN3O4/c1-15-6-7-16(14-18(15)24(26)27)20(25)23-10-8-22(9-11-23)12-13-28-19-5-3-2-4-17(19)21/h2-7,14H,8-13H2,1H3. The lowest BCUT2D eigenvalue weighted by Gasteiger charge is -2.34. The average Bonchev–Trinajstić information content (AvgIpc) is 2.69. The fourth-order valence-corrected chi connectivity index (χ4v) is 3.33. The number of para-hydroxylation sites is 1. The van der Waals surface area contributed by atoms with Gasteiger partial charge in [0.05, 0.1) is 9.95 Å². The van der Waals surface area contributed by atoms with Gasteiger partial charge in [-0.25, -0.2) is 0 Å². The molecule has 0 atom stereocenters. The lowest BCUT2D eigenvalue weighted by molar-refractivity contribution is -0.385. The number of nitro benzene ring substituents is 1. The Morgan fingerprint density at radius 2 is 1.89 bits per heavy atom. The summed E-state index contributed by atoms with van der Waals surface area (Å²) < 4.78 is 5.71. The van der Waals surface area contributed by atoms with Crippen LogP contribution in [-0.4, -0.2) is 60.0 Å². The summed E-state index contributed by atoms with van der Waals surface area (Å²) in [6.07, 6.45) is 0. The third kappa shape index (κ3) is 4.79. The molecule has 1 fully saturated rings. The number of amides is 1. The highest BCUT2D eigenvalue weighted by atomic mass is 35.5. The number of nitro groups is 1. The van der Waals surface area contributed by atoms with Crippen LogP contribution >= 0.6 is 11.6 Å². The number of carbonyl (C=O) groups is 1. The van der Waals surface area contributed by atoms with Gasteiger partial charge in [0.15, 0.2) is 0 Å². The fraction of sp³-hybridized carbons (Fsp3) is 0.350. The van der Waals surface area contributed by atoms with Crippen molar-refractivity contribution in [3.63, 3.8) is 0 Å². The molecule has 0 saturated carbocycles. The first-order valence-corrected chi connectivity index (χ1v) is 9.47. The molecule has 1 amide bonds. The number of hydrogen-bond donors (Lipinski definition) is 0. The summed E-state index contributed by atoms with van der Waals surface area (Å²) >= 11 is 6.07. The van der Waals surface area contributed by atoms with E-state index in [1.165, 1.54) is 6.07 Å². The van der Waals surface area contributed by atoms with E-state index in [1.54, 1.807) is 30.0 Å². The normalized spacial score (nSPS) is 14.7. The zero-order chi connectivity index (χ0) is 20.1. The van der Waals surface area contributed by atoms with E-state index in [9.17, 15) is 14.9 Å². The molecule has 0 N–H and O–H groups in total. The molecule has 8 heteroatoms. The van der Waals surface area contributed by atoms with Crippen molar-refractivity contribution < 1.29 is 14.5 Å². The Hall–Kier alpha value is -2.64. The summed E-state index contributed by atoms with van der Waals surface area (Å²) in [7, 11) is 0. The number of carbonyl (C=O) groups excluding carboxylic acids is 1. The van der Waals surface area contributed by atoms with Crippen molar-refractivity contribution in [2.75, 3.05) is 39.3 Å². The molecule has 1 saturated heterocycles. The van der Waals surface area contributed by atoms with Crippen LogP contribution in [0.15, 0.2) is 42.5 Å². The fourth-order valence-electron chi connectivity index (χ4n) is 3.14. The molecule has 7 nitrogen and oxygen atoms in total. The quantitative estimate of drug-likeness (QED) is 0.545. The first-order valence-electron chi connectivity index (χ1n) is 9.09. The Bertz CT molecular complexity index is 866. The molecule has 0 aromatic heterocycles. The SMILES string of the molecule is Cc1ccc(C(=O)N2CCN(CCOc3ccccc3Cl)CC2)cc1[N+](=O)[O-]. The molecule has 0 bridgehead atoms. The minimum Gasteiger partial charge on any atom is -0.491 e. The highest BCUT2D eigenvalue weighted by Crippen LogP contribution is 2.23. The highest BCUT2D eigenvalue weighted by Gasteiger charge is 2.24. The van der Waals surface area contributed by atoms with Crippen molar-refractivity contribution in [3.05, 3.63) is 68.7 Å². The smallest absolute Gasteiger partial charge is 0.273 e. The first kappa shape index (κ1) is 20.1. The Kier molecular flexibility index (Phi) is 6.49. The van der Waals surface area contributed by atoms with E-state index >= 15 is 0 Å². The number of benzene rings is 2. The predicted molar refractivity (Wildman–Crippen MR) is 107 cm³/mol. The minimum absolute atomic E-state index is 0.0267. The summed E-state index contributed by atoms with van der Waals surface area (Å²) in [6, 6.07) is 12.0. The molecule has 0 radical (unpaired) electrons. The predicted octanol–water partition coefficient (Wildman–Crippen LogP) is 3.39. The second kappa shape index (κ2) is 9.03. The van der Waals surface area contributed by atoms with Crippen LogP contribution < -0.4 is 4.74 Å². The van der Waals surface area contributed by atoms with Crippen LogP contribution in [0.5, 0.6) is 5.75 Å². The maximum Gasteiger partial charge on any atom is 0.273 e. The summed E-state index contributed by atoms with van der Waals surface area (Å²) in [6.45, 7) is 5.53. The van der Waals surface area contributed by atoms with E-state index in [2.05, 4.69) is 4.90 Å². The van der Waals surface area contributed by atoms with Gasteiger partial charge in [-0.2, -0.15) is 0 Å². The van der Waals surface area contributed by atoms with Crippen molar-refractivity contribution in [3.8, 4) is 5.75 Å². The molecule has 2 aromatic carbocycles. The molecule has 28 heavy (non-hydrogen) atoms. The Balaban J connectivity index is 1.50. The van der Waals surface area contributed by atoms with Gasteiger partial charge in [0, 0.05) is 49.9 Å². The molecule has 2 aromatic rings. The maximum atomic E-state index is 12.7. The Morgan fingerprint density at radius 3 is 2.57 bits per heavy atom. The number of aryl methyl sites for hydroxylation is 1. The van der Waals surface area contributed by atoms with E-state index in [1.807, 2.05) is 18.2 Å². The van der Waals surface area contributed by atoms with Gasteiger partial charge in [0.2, 0.25) is 0 Å². The molecule has 1 aliphatic heterocycles. The summed E-state index contributed by atoms with van der Waals surface area (Å²) in [5, 5.41) is 11.7. The number of nitrogens with zero attached hydrogens (tertiary/aromatic N) is 3. The molecular formula is C20H22ClN3O4. The van der Waals surface area contributed by atoms with Gasteiger partial charge in [-0.3, -0.25) is 19.8 Å². The van der Waals surface area contributed by atoms with E-state index in [4.69, 9.17) is 16.3 Å². The maximum absolute atomic E-state index is 12.7. The lowest BCUT2D eigenvalue weighted by atomic mass is 10.1. The van der Waals surface area contributed by atoms with Crippen molar-refractivity contribution in [1.82, 2.24) is 9.80 Å². The topological polar surface area (TPSA) is 75.9 Å². The zero-order valence-corrected chi connectivity index (χ0v) is 16.4. The van der Waals surface area contributed by atoms with Crippen LogP contribution in [0.4, 0.5) is 5.69 Å². The third-order valence-electron chi connectivity index (χ3n) is 4.81. The minimum atomic E-state index is -0.455. The lowest BCUT2D eigenvalue weighted by Crippen LogP contribution is -2.49. The summed E-state index contributed by atoms with van der Waals surface area (Å²) in [4.78, 5) is 27.3. The number of rotatable bonds is 6. The van der Waals surface area contributed by atoms with Crippen molar-refractivity contribution in [2.24, 2.45) is 0 Å². The van der Waals surface area contributed by atoms with Crippen molar-refractivity contribution >= 4 is 23.2 Å². The van der Waals surface area contributed by atoms with Crippen LogP contribution in [0, 0.1) is 17.0 Å². The van der Waals surface area contributed by atoms with Gasteiger partial charge in [-0.1, -0.05) is 29.8 Å². The van der Waals surface area contributed by atoms with Gasteiger partial charge >= 0.3 is 0 Å². The van der Waals surface area contributed by atoms with E-state index in [0.717, 1.165) is 19.6 Å². The highest BCUT2D eigenvalue weighted by molar-refractivity contribution is 6.32. The van der Waals surface area contributed by atoms with E-state index < -0.39 is 4.92 Å². The van der Waals surface area contributed by atoms with Crippen LogP contribution in [0.3, 0.4) is 0 Å². The van der Waals surface area contributed by atoms with E-state index in [0.29, 0.717) is 41.6 Å². The molecule has 0 aliphatic carbocycles. The largest absolute Gasteiger partial charge is 0.491 e. The van der Waals surface area contributed by atoms with Crippen LogP contribution in [0.2, 0.25) is 5.02 Å². The van der Waals surface area contributed by atoms with E-state index in [-0.39, 0.29) is 11.6 Å². The van der Waals surface area contributed by atoms with Crippen LogP contribution in [0.25, 0.3) is 0 Å². The zero-order valence-electron chi connectivity index (χ0n) is 15.6. The number of hydrogen-bond acceptors (Lipinski definition) is 5. The second-order valence-electron chi connectivity index (χ2n) is 6.67. The first-order chi connectivity index (χ1) is 13.5. The molecule has 0 unspecified atom stereocenters. The molecular weight excluding hydrogens is 382 g/mol. The Morgan fingerprint density at radius 1 is 1.18 bits per heavy atom. The molecule has 3 rings (SSSR count). The van der Waals surface area contributed by atoms with Crippen molar-refractivity contribution in [2.45, 2.75) is 6.92 Å².